The van der Waals surface area contributed by atoms with E-state index in [2.05, 4.69) is 5.32 Å². The second-order valence-corrected chi connectivity index (χ2v) is 7.95. The highest BCUT2D eigenvalue weighted by Gasteiger charge is 2.52. The van der Waals surface area contributed by atoms with Crippen LogP contribution in [0.1, 0.15) is 42.9 Å². The first kappa shape index (κ1) is 25.3. The molecule has 2 heterocycles. The summed E-state index contributed by atoms with van der Waals surface area (Å²) in [7, 11) is 0. The quantitative estimate of drug-likeness (QED) is 0.449. The highest BCUT2D eigenvalue weighted by atomic mass is 32.1. The van der Waals surface area contributed by atoms with Crippen LogP contribution in [0, 0.1) is 6.92 Å². The minimum absolute atomic E-state index is 0.381. The van der Waals surface area contributed by atoms with E-state index in [1.165, 1.54) is 18.3 Å². The summed E-state index contributed by atoms with van der Waals surface area (Å²) in [6.07, 6.45) is -5.14. The fourth-order valence-corrected chi connectivity index (χ4v) is 3.97. The van der Waals surface area contributed by atoms with Crippen LogP contribution < -0.4 is 5.32 Å². The van der Waals surface area contributed by atoms with Crippen molar-refractivity contribution in [3.05, 3.63) is 21.9 Å². The Labute approximate surface area is 188 Å². The van der Waals surface area contributed by atoms with Gasteiger partial charge in [0.05, 0.1) is 4.88 Å². The molecule has 11 nitrogen and oxygen atoms in total. The molecule has 0 aliphatic carbocycles. The summed E-state index contributed by atoms with van der Waals surface area (Å²) in [4.78, 5) is 59.8. The lowest BCUT2D eigenvalue weighted by molar-refractivity contribution is -0.270. The maximum atomic E-state index is 12.9. The molecule has 1 aliphatic heterocycles. The molecular formula is C20H25NO10S. The Morgan fingerprint density at radius 2 is 1.53 bits per heavy atom. The van der Waals surface area contributed by atoms with Gasteiger partial charge in [0.1, 0.15) is 18.8 Å². The Hall–Kier alpha value is -2.99. The molecule has 1 aliphatic rings. The van der Waals surface area contributed by atoms with Gasteiger partial charge in [0.2, 0.25) is 6.29 Å². The molecule has 5 atom stereocenters. The molecule has 1 amide bonds. The number of hydrogen-bond acceptors (Lipinski definition) is 11. The van der Waals surface area contributed by atoms with Crippen LogP contribution in [0.3, 0.4) is 0 Å². The first-order chi connectivity index (χ1) is 15.0. The van der Waals surface area contributed by atoms with Gasteiger partial charge < -0.3 is 29.0 Å². The zero-order valence-corrected chi connectivity index (χ0v) is 19.1. The Morgan fingerprint density at radius 1 is 0.938 bits per heavy atom. The van der Waals surface area contributed by atoms with Crippen molar-refractivity contribution >= 4 is 41.1 Å². The van der Waals surface area contributed by atoms with E-state index in [1.807, 2.05) is 0 Å². The van der Waals surface area contributed by atoms with E-state index < -0.39 is 60.4 Å². The summed E-state index contributed by atoms with van der Waals surface area (Å²) in [6, 6.07) is 0.524. The predicted octanol–water partition coefficient (Wildman–Crippen LogP) is 0.869. The van der Waals surface area contributed by atoms with Crippen molar-refractivity contribution in [2.75, 3.05) is 6.61 Å². The zero-order chi connectivity index (χ0) is 24.0. The molecule has 1 fully saturated rings. The molecule has 0 radical (unpaired) electrons. The lowest BCUT2D eigenvalue weighted by Crippen LogP contribution is -2.67. The summed E-state index contributed by atoms with van der Waals surface area (Å²) in [5.74, 6) is -3.37. The highest BCUT2D eigenvalue weighted by Crippen LogP contribution is 2.29. The van der Waals surface area contributed by atoms with E-state index in [-0.39, 0.29) is 6.61 Å². The van der Waals surface area contributed by atoms with Crippen molar-refractivity contribution in [1.82, 2.24) is 5.32 Å². The normalized spacial score (nSPS) is 24.7. The maximum Gasteiger partial charge on any atom is 0.305 e. The van der Waals surface area contributed by atoms with Crippen molar-refractivity contribution < 1.29 is 47.7 Å². The first-order valence-corrected chi connectivity index (χ1v) is 10.5. The SMILES string of the molecule is CC(=O)OC[C@H]1O[C@@H](OC(C)=O)[C@H](NC(=O)c2sccc2C)[C@@H](OC(C)=O)[C@@H]1OC(C)=O. The molecule has 1 aromatic rings. The van der Waals surface area contributed by atoms with E-state index in [0.717, 1.165) is 20.8 Å². The number of aryl methyl sites for hydroxylation is 1. The second-order valence-electron chi connectivity index (χ2n) is 7.04. The van der Waals surface area contributed by atoms with Crippen LogP contribution in [0.2, 0.25) is 0 Å². The van der Waals surface area contributed by atoms with Crippen molar-refractivity contribution in [3.8, 4) is 0 Å². The third-order valence-corrected chi connectivity index (χ3v) is 5.36. The van der Waals surface area contributed by atoms with Gasteiger partial charge in [0.15, 0.2) is 12.2 Å². The Bertz CT molecular complexity index is 881. The molecule has 32 heavy (non-hydrogen) atoms. The van der Waals surface area contributed by atoms with Gasteiger partial charge >= 0.3 is 23.9 Å². The number of carbonyl (C=O) groups is 5. The lowest BCUT2D eigenvalue weighted by atomic mass is 9.96. The Balaban J connectivity index is 2.45. The standard InChI is InChI=1S/C20H25NO10S/c1-9-6-7-32-18(9)19(26)21-15-17(29-12(4)24)16(28-11(3)23)14(8-27-10(2)22)31-20(15)30-13(5)25/h6-7,14-17,20H,8H2,1-5H3,(H,21,26)/t14-,15-,16-,17-,20-/m1/s1. The van der Waals surface area contributed by atoms with Crippen molar-refractivity contribution in [2.24, 2.45) is 0 Å². The molecular weight excluding hydrogens is 446 g/mol. The summed E-state index contributed by atoms with van der Waals surface area (Å²) in [5, 5.41) is 4.38. The van der Waals surface area contributed by atoms with E-state index in [0.29, 0.717) is 10.4 Å². The average molecular weight is 471 g/mol. The van der Waals surface area contributed by atoms with Gasteiger partial charge in [0, 0.05) is 27.7 Å². The third kappa shape index (κ3) is 6.76. The van der Waals surface area contributed by atoms with Crippen molar-refractivity contribution in [1.29, 1.82) is 0 Å². The molecule has 1 N–H and O–H groups in total. The number of thiophene rings is 1. The number of esters is 4. The molecule has 0 saturated carbocycles. The zero-order valence-electron chi connectivity index (χ0n) is 18.2. The van der Waals surface area contributed by atoms with Gasteiger partial charge in [-0.3, -0.25) is 24.0 Å². The minimum atomic E-state index is -1.42. The molecule has 1 saturated heterocycles. The van der Waals surface area contributed by atoms with E-state index in [9.17, 15) is 24.0 Å². The highest BCUT2D eigenvalue weighted by molar-refractivity contribution is 7.12. The lowest BCUT2D eigenvalue weighted by Gasteiger charge is -2.44. The van der Waals surface area contributed by atoms with E-state index >= 15 is 0 Å². The summed E-state index contributed by atoms with van der Waals surface area (Å²) >= 11 is 1.19. The molecule has 12 heteroatoms. The molecule has 0 aromatic carbocycles. The number of carbonyl (C=O) groups excluding carboxylic acids is 5. The van der Waals surface area contributed by atoms with Gasteiger partial charge in [-0.1, -0.05) is 0 Å². The summed E-state index contributed by atoms with van der Waals surface area (Å²) < 4.78 is 26.6. The van der Waals surface area contributed by atoms with E-state index in [4.69, 9.17) is 23.7 Å². The van der Waals surface area contributed by atoms with Crippen molar-refractivity contribution in [2.45, 2.75) is 65.3 Å². The average Bonchev–Trinajstić information content (AvgIpc) is 3.09. The number of ether oxygens (including phenoxy) is 5. The number of amides is 1. The van der Waals surface area contributed by atoms with Crippen LogP contribution in [0.5, 0.6) is 0 Å². The van der Waals surface area contributed by atoms with Crippen LogP contribution in [-0.2, 0) is 42.9 Å². The van der Waals surface area contributed by atoms with Gasteiger partial charge in [-0.2, -0.15) is 0 Å². The third-order valence-electron chi connectivity index (χ3n) is 4.35. The molecule has 0 spiro atoms. The number of rotatable bonds is 7. The summed E-state index contributed by atoms with van der Waals surface area (Å²) in [5.41, 5.74) is 0.710. The van der Waals surface area contributed by atoms with E-state index in [1.54, 1.807) is 18.4 Å². The number of nitrogens with one attached hydrogen (secondary N) is 1. The molecule has 2 rings (SSSR count). The fraction of sp³-hybridized carbons (Fsp3) is 0.550. The fourth-order valence-electron chi connectivity index (χ4n) is 3.14. The summed E-state index contributed by atoms with van der Waals surface area (Å²) in [6.45, 7) is 5.92. The van der Waals surface area contributed by atoms with Crippen LogP contribution in [0.15, 0.2) is 11.4 Å². The molecule has 0 bridgehead atoms. The van der Waals surface area contributed by atoms with Crippen LogP contribution in [0.4, 0.5) is 0 Å². The van der Waals surface area contributed by atoms with Gasteiger partial charge in [-0.15, -0.1) is 11.3 Å². The van der Waals surface area contributed by atoms with Gasteiger partial charge in [-0.05, 0) is 23.9 Å². The maximum absolute atomic E-state index is 12.9. The Kier molecular flexibility index (Phi) is 8.72. The predicted molar refractivity (Wildman–Crippen MR) is 108 cm³/mol. The van der Waals surface area contributed by atoms with Gasteiger partial charge in [0.25, 0.3) is 5.91 Å². The second kappa shape index (κ2) is 11.0. The topological polar surface area (TPSA) is 144 Å². The van der Waals surface area contributed by atoms with Gasteiger partial charge in [-0.25, -0.2) is 0 Å². The Morgan fingerprint density at radius 3 is 2.03 bits per heavy atom. The molecule has 0 unspecified atom stereocenters. The molecule has 1 aromatic heterocycles. The minimum Gasteiger partial charge on any atom is -0.463 e. The smallest absolute Gasteiger partial charge is 0.305 e. The number of hydrogen-bond donors (Lipinski definition) is 1. The van der Waals surface area contributed by atoms with Crippen LogP contribution in [0.25, 0.3) is 0 Å². The largest absolute Gasteiger partial charge is 0.463 e. The van der Waals surface area contributed by atoms with Crippen LogP contribution >= 0.6 is 11.3 Å². The monoisotopic (exact) mass is 471 g/mol. The first-order valence-electron chi connectivity index (χ1n) is 9.65. The van der Waals surface area contributed by atoms with Crippen LogP contribution in [-0.4, -0.2) is 67.0 Å². The van der Waals surface area contributed by atoms with Crippen molar-refractivity contribution in [3.63, 3.8) is 0 Å². The molecule has 176 valence electrons.